The predicted octanol–water partition coefficient (Wildman–Crippen LogP) is 5.34. The van der Waals surface area contributed by atoms with Crippen LogP contribution >= 0.6 is 0 Å². The zero-order valence-electron chi connectivity index (χ0n) is 19.2. The Morgan fingerprint density at radius 3 is 2.55 bits per heavy atom. The number of pyridine rings is 1. The Hall–Kier alpha value is -3.67. The summed E-state index contributed by atoms with van der Waals surface area (Å²) < 4.78 is 8.10. The van der Waals surface area contributed by atoms with Crippen molar-refractivity contribution in [2.24, 2.45) is 0 Å². The number of rotatable bonds is 10. The molecule has 0 aliphatic rings. The highest BCUT2D eigenvalue weighted by Gasteiger charge is 2.13. The maximum absolute atomic E-state index is 12.4. The van der Waals surface area contributed by atoms with Gasteiger partial charge in [-0.1, -0.05) is 44.2 Å². The lowest BCUT2D eigenvalue weighted by atomic mass is 10.0. The number of hydrogen-bond acceptors (Lipinski definition) is 4. The Labute approximate surface area is 194 Å². The first-order valence-electron chi connectivity index (χ1n) is 11.5. The average molecular weight is 443 g/mol. The molecule has 0 radical (unpaired) electrons. The molecular formula is C27H30N4O2. The van der Waals surface area contributed by atoms with Crippen molar-refractivity contribution in [3.8, 4) is 5.75 Å². The second kappa shape index (κ2) is 10.8. The van der Waals surface area contributed by atoms with Crippen molar-refractivity contribution in [2.45, 2.75) is 45.7 Å². The van der Waals surface area contributed by atoms with Gasteiger partial charge >= 0.3 is 0 Å². The van der Waals surface area contributed by atoms with Crippen LogP contribution in [0.3, 0.4) is 0 Å². The number of ether oxygens (including phenoxy) is 1. The lowest BCUT2D eigenvalue weighted by Crippen LogP contribution is -2.25. The summed E-state index contributed by atoms with van der Waals surface area (Å²) in [5, 5.41) is 2.94. The first kappa shape index (κ1) is 22.5. The molecular weight excluding hydrogens is 412 g/mol. The number of carbonyl (C=O) groups is 1. The fraction of sp³-hybridized carbons (Fsp3) is 0.296. The van der Waals surface area contributed by atoms with Crippen molar-refractivity contribution in [3.63, 3.8) is 0 Å². The maximum Gasteiger partial charge on any atom is 0.270 e. The molecule has 0 aliphatic carbocycles. The Morgan fingerprint density at radius 2 is 1.79 bits per heavy atom. The number of hydrogen-bond donors (Lipinski definition) is 1. The van der Waals surface area contributed by atoms with Crippen molar-refractivity contribution in [1.29, 1.82) is 0 Å². The SMILES string of the molecule is CC(C)c1ccc(OCCCCn2c(CNC(=O)c3ccccn3)nc3ccccc32)cc1. The summed E-state index contributed by atoms with van der Waals surface area (Å²) in [6.07, 6.45) is 3.49. The summed E-state index contributed by atoms with van der Waals surface area (Å²) in [6, 6.07) is 21.7. The van der Waals surface area contributed by atoms with Crippen LogP contribution < -0.4 is 10.1 Å². The van der Waals surface area contributed by atoms with Crippen LogP contribution in [0.5, 0.6) is 5.75 Å². The lowest BCUT2D eigenvalue weighted by molar-refractivity contribution is 0.0944. The van der Waals surface area contributed by atoms with Crippen molar-refractivity contribution in [2.75, 3.05) is 6.61 Å². The maximum atomic E-state index is 12.4. The minimum Gasteiger partial charge on any atom is -0.494 e. The molecule has 2 aromatic heterocycles. The highest BCUT2D eigenvalue weighted by Crippen LogP contribution is 2.20. The minimum atomic E-state index is -0.203. The zero-order valence-corrected chi connectivity index (χ0v) is 19.2. The number of para-hydroxylation sites is 2. The number of benzene rings is 2. The molecule has 0 aliphatic heterocycles. The van der Waals surface area contributed by atoms with Gasteiger partial charge < -0.3 is 14.6 Å². The minimum absolute atomic E-state index is 0.203. The molecule has 170 valence electrons. The number of fused-ring (bicyclic) bond motifs is 1. The van der Waals surface area contributed by atoms with E-state index in [-0.39, 0.29) is 5.91 Å². The van der Waals surface area contributed by atoms with Gasteiger partial charge in [0, 0.05) is 12.7 Å². The summed E-state index contributed by atoms with van der Waals surface area (Å²) in [6.45, 7) is 6.20. The van der Waals surface area contributed by atoms with Crippen LogP contribution in [0.2, 0.25) is 0 Å². The predicted molar refractivity (Wildman–Crippen MR) is 130 cm³/mol. The topological polar surface area (TPSA) is 69.0 Å². The number of amides is 1. The molecule has 0 bridgehead atoms. The zero-order chi connectivity index (χ0) is 23.0. The van der Waals surface area contributed by atoms with Crippen LogP contribution in [-0.2, 0) is 13.1 Å². The average Bonchev–Trinajstić information content (AvgIpc) is 3.20. The van der Waals surface area contributed by atoms with E-state index in [0.717, 1.165) is 42.0 Å². The molecule has 6 nitrogen and oxygen atoms in total. The summed E-state index contributed by atoms with van der Waals surface area (Å²) >= 11 is 0. The van der Waals surface area contributed by atoms with Gasteiger partial charge in [0.15, 0.2) is 0 Å². The largest absolute Gasteiger partial charge is 0.494 e. The molecule has 2 heterocycles. The van der Waals surface area contributed by atoms with Crippen LogP contribution in [0.1, 0.15) is 54.5 Å². The van der Waals surface area contributed by atoms with Gasteiger partial charge in [0.25, 0.3) is 5.91 Å². The van der Waals surface area contributed by atoms with E-state index < -0.39 is 0 Å². The quantitative estimate of drug-likeness (QED) is 0.337. The van der Waals surface area contributed by atoms with E-state index in [9.17, 15) is 4.79 Å². The third-order valence-corrected chi connectivity index (χ3v) is 5.63. The Kier molecular flexibility index (Phi) is 7.35. The molecule has 1 amide bonds. The van der Waals surface area contributed by atoms with Gasteiger partial charge in [0.1, 0.15) is 17.3 Å². The Morgan fingerprint density at radius 1 is 1.00 bits per heavy atom. The van der Waals surface area contributed by atoms with Crippen LogP contribution in [0.25, 0.3) is 11.0 Å². The van der Waals surface area contributed by atoms with Crippen LogP contribution in [-0.4, -0.2) is 27.0 Å². The van der Waals surface area contributed by atoms with E-state index >= 15 is 0 Å². The fourth-order valence-electron chi connectivity index (χ4n) is 3.77. The van der Waals surface area contributed by atoms with E-state index in [1.54, 1.807) is 24.4 Å². The molecule has 6 heteroatoms. The standard InChI is InChI=1S/C27H30N4O2/c1-20(2)21-12-14-22(15-13-21)33-18-8-7-17-31-25-11-4-3-9-23(25)30-26(31)19-29-27(32)24-10-5-6-16-28-24/h3-6,9-16,20H,7-8,17-19H2,1-2H3,(H,29,32). The summed E-state index contributed by atoms with van der Waals surface area (Å²) in [4.78, 5) is 21.3. The Bertz CT molecular complexity index is 1180. The van der Waals surface area contributed by atoms with E-state index in [0.29, 0.717) is 24.8 Å². The lowest BCUT2D eigenvalue weighted by Gasteiger charge is -2.11. The van der Waals surface area contributed by atoms with E-state index in [1.807, 2.05) is 30.3 Å². The number of nitrogens with zero attached hydrogens (tertiary/aromatic N) is 3. The first-order chi connectivity index (χ1) is 16.1. The number of aryl methyl sites for hydroxylation is 1. The molecule has 2 aromatic carbocycles. The molecule has 1 N–H and O–H groups in total. The van der Waals surface area contributed by atoms with Crippen molar-refractivity contribution in [3.05, 3.63) is 90.0 Å². The molecule has 33 heavy (non-hydrogen) atoms. The van der Waals surface area contributed by atoms with Gasteiger partial charge in [-0.3, -0.25) is 9.78 Å². The van der Waals surface area contributed by atoms with Gasteiger partial charge in [-0.15, -0.1) is 0 Å². The van der Waals surface area contributed by atoms with Crippen molar-refractivity contribution < 1.29 is 9.53 Å². The van der Waals surface area contributed by atoms with E-state index in [4.69, 9.17) is 9.72 Å². The summed E-state index contributed by atoms with van der Waals surface area (Å²) in [7, 11) is 0. The molecule has 4 rings (SSSR count). The molecule has 0 fully saturated rings. The molecule has 0 atom stereocenters. The van der Waals surface area contributed by atoms with Gasteiger partial charge in [0.05, 0.1) is 24.2 Å². The third kappa shape index (κ3) is 5.77. The van der Waals surface area contributed by atoms with Crippen molar-refractivity contribution >= 4 is 16.9 Å². The van der Waals surface area contributed by atoms with Crippen LogP contribution in [0.15, 0.2) is 72.9 Å². The van der Waals surface area contributed by atoms with E-state index in [1.165, 1.54) is 5.56 Å². The van der Waals surface area contributed by atoms with Crippen LogP contribution in [0.4, 0.5) is 0 Å². The highest BCUT2D eigenvalue weighted by molar-refractivity contribution is 5.92. The smallest absolute Gasteiger partial charge is 0.270 e. The molecule has 0 spiro atoms. The molecule has 4 aromatic rings. The van der Waals surface area contributed by atoms with E-state index in [2.05, 4.69) is 46.9 Å². The summed E-state index contributed by atoms with van der Waals surface area (Å²) in [5.74, 6) is 2.06. The van der Waals surface area contributed by atoms with Gasteiger partial charge in [0.2, 0.25) is 0 Å². The highest BCUT2D eigenvalue weighted by atomic mass is 16.5. The third-order valence-electron chi connectivity index (χ3n) is 5.63. The molecule has 0 saturated carbocycles. The molecule has 0 unspecified atom stereocenters. The van der Waals surface area contributed by atoms with Gasteiger partial charge in [-0.05, 0) is 60.7 Å². The number of aromatic nitrogens is 3. The van der Waals surface area contributed by atoms with Crippen molar-refractivity contribution in [1.82, 2.24) is 19.9 Å². The van der Waals surface area contributed by atoms with Gasteiger partial charge in [-0.25, -0.2) is 4.98 Å². The van der Waals surface area contributed by atoms with Gasteiger partial charge in [-0.2, -0.15) is 0 Å². The number of imidazole rings is 1. The molecule has 0 saturated heterocycles. The second-order valence-electron chi connectivity index (χ2n) is 8.35. The number of carbonyl (C=O) groups excluding carboxylic acids is 1. The normalized spacial score (nSPS) is 11.1. The first-order valence-corrected chi connectivity index (χ1v) is 11.5. The monoisotopic (exact) mass is 442 g/mol. The summed E-state index contributed by atoms with van der Waals surface area (Å²) in [5.41, 5.74) is 3.72. The van der Waals surface area contributed by atoms with Crippen LogP contribution in [0, 0.1) is 0 Å². The fourth-order valence-corrected chi connectivity index (χ4v) is 3.77. The Balaban J connectivity index is 1.34. The number of nitrogens with one attached hydrogen (secondary N) is 1. The second-order valence-corrected chi connectivity index (χ2v) is 8.35. The number of unbranched alkanes of at least 4 members (excludes halogenated alkanes) is 1.